The molecule has 1 amide bonds. The van der Waals surface area contributed by atoms with E-state index in [-0.39, 0.29) is 28.6 Å². The number of rotatable bonds is 7. The number of benzene rings is 1. The molecule has 29 heavy (non-hydrogen) atoms. The third-order valence-corrected chi connectivity index (χ3v) is 5.08. The number of anilines is 1. The lowest BCUT2D eigenvalue weighted by molar-refractivity contribution is -0.385. The molecule has 0 radical (unpaired) electrons. The van der Waals surface area contributed by atoms with Gasteiger partial charge >= 0.3 is 5.69 Å². The maximum Gasteiger partial charge on any atom is 0.307 e. The molecule has 2 aromatic heterocycles. The Bertz CT molecular complexity index is 1050. The Hall–Kier alpha value is -2.79. The lowest BCUT2D eigenvalue weighted by Gasteiger charge is -2.14. The van der Waals surface area contributed by atoms with E-state index in [0.717, 1.165) is 6.20 Å². The van der Waals surface area contributed by atoms with Gasteiger partial charge in [0.05, 0.1) is 15.9 Å². The van der Waals surface area contributed by atoms with Gasteiger partial charge in [-0.25, -0.2) is 4.39 Å². The highest BCUT2D eigenvalue weighted by atomic mass is 79.9. The van der Waals surface area contributed by atoms with Gasteiger partial charge in [0, 0.05) is 16.8 Å². The first-order valence-electron chi connectivity index (χ1n) is 8.45. The summed E-state index contributed by atoms with van der Waals surface area (Å²) < 4.78 is 17.1. The first kappa shape index (κ1) is 20.9. The summed E-state index contributed by atoms with van der Waals surface area (Å²) in [5.41, 5.74) is 0.0702. The van der Waals surface area contributed by atoms with Crippen molar-refractivity contribution >= 4 is 44.9 Å². The lowest BCUT2D eigenvalue weighted by atomic mass is 10.2. The fourth-order valence-corrected chi connectivity index (χ4v) is 3.33. The smallest absolute Gasteiger partial charge is 0.306 e. The van der Waals surface area contributed by atoms with Crippen LogP contribution < -0.4 is 5.32 Å². The molecule has 0 saturated heterocycles. The van der Waals surface area contributed by atoms with E-state index in [1.807, 2.05) is 0 Å². The molecule has 1 atom stereocenters. The molecule has 0 aliphatic rings. The van der Waals surface area contributed by atoms with E-state index in [1.54, 1.807) is 19.2 Å². The molecular formula is C17H15BrClFN6O3. The first-order chi connectivity index (χ1) is 13.8. The number of halogens is 3. The average Bonchev–Trinajstić information content (AvgIpc) is 3.27. The van der Waals surface area contributed by atoms with Crippen LogP contribution in [0.15, 0.2) is 41.3 Å². The highest BCUT2D eigenvalue weighted by Crippen LogP contribution is 2.25. The second-order valence-electron chi connectivity index (χ2n) is 6.07. The van der Waals surface area contributed by atoms with E-state index in [4.69, 9.17) is 11.6 Å². The number of aromatic nitrogens is 4. The van der Waals surface area contributed by atoms with Crippen LogP contribution in [-0.4, -0.2) is 30.4 Å². The second kappa shape index (κ2) is 8.70. The summed E-state index contributed by atoms with van der Waals surface area (Å²) in [7, 11) is 0. The molecule has 1 N–H and O–H groups in total. The Balaban J connectivity index is 1.77. The molecule has 9 nitrogen and oxygen atoms in total. The van der Waals surface area contributed by atoms with Crippen molar-refractivity contribution in [2.45, 2.75) is 25.9 Å². The summed E-state index contributed by atoms with van der Waals surface area (Å²) in [6.07, 6.45) is 4.21. The molecule has 1 unspecified atom stereocenters. The predicted molar refractivity (Wildman–Crippen MR) is 107 cm³/mol. The molecule has 3 aromatic rings. The van der Waals surface area contributed by atoms with E-state index in [9.17, 15) is 19.3 Å². The van der Waals surface area contributed by atoms with Gasteiger partial charge in [-0.3, -0.25) is 24.3 Å². The van der Waals surface area contributed by atoms with E-state index in [0.29, 0.717) is 10.9 Å². The molecule has 0 bridgehead atoms. The zero-order chi connectivity index (χ0) is 21.1. The second-order valence-corrected chi connectivity index (χ2v) is 7.33. The summed E-state index contributed by atoms with van der Waals surface area (Å²) in [4.78, 5) is 22.9. The number of hydrogen-bond donors (Lipinski definition) is 1. The van der Waals surface area contributed by atoms with Crippen LogP contribution in [0.3, 0.4) is 0 Å². The Morgan fingerprint density at radius 2 is 2.21 bits per heavy atom. The quantitative estimate of drug-likeness (QED) is 0.399. The predicted octanol–water partition coefficient (Wildman–Crippen LogP) is 4.18. The minimum atomic E-state index is -0.762. The van der Waals surface area contributed by atoms with Crippen molar-refractivity contribution in [2.24, 2.45) is 0 Å². The minimum absolute atomic E-state index is 0.0720. The minimum Gasteiger partial charge on any atom is -0.306 e. The van der Waals surface area contributed by atoms with Gasteiger partial charge in [-0.2, -0.15) is 10.2 Å². The van der Waals surface area contributed by atoms with Crippen LogP contribution in [0.5, 0.6) is 0 Å². The van der Waals surface area contributed by atoms with Gasteiger partial charge in [-0.15, -0.1) is 0 Å². The average molecular weight is 486 g/mol. The standard InChI is InChI=1S/C17H15BrClFN6O3/c1-2-15(25-7-10(6-21-25)26(28)29)17(27)22-16-12(18)9-24(23-16)8-11-13(19)4-3-5-14(11)20/h3-7,9,15H,2,8H2,1H3,(H,22,23,27). The van der Waals surface area contributed by atoms with Crippen molar-refractivity contribution in [1.29, 1.82) is 0 Å². The number of nitro groups is 1. The highest BCUT2D eigenvalue weighted by molar-refractivity contribution is 9.10. The summed E-state index contributed by atoms with van der Waals surface area (Å²) in [6, 6.07) is 3.63. The Morgan fingerprint density at radius 3 is 2.83 bits per heavy atom. The third-order valence-electron chi connectivity index (χ3n) is 4.15. The topological polar surface area (TPSA) is 108 Å². The number of nitrogens with one attached hydrogen (secondary N) is 1. The monoisotopic (exact) mass is 484 g/mol. The molecule has 0 saturated carbocycles. The van der Waals surface area contributed by atoms with Crippen molar-refractivity contribution in [2.75, 3.05) is 5.32 Å². The Labute approximate surface area is 177 Å². The zero-order valence-electron chi connectivity index (χ0n) is 15.1. The number of amides is 1. The van der Waals surface area contributed by atoms with Crippen molar-refractivity contribution in [3.05, 3.63) is 67.8 Å². The maximum absolute atomic E-state index is 14.0. The first-order valence-corrected chi connectivity index (χ1v) is 9.62. The number of nitrogens with zero attached hydrogens (tertiary/aromatic N) is 5. The molecule has 0 fully saturated rings. The van der Waals surface area contributed by atoms with Gasteiger partial charge in [0.15, 0.2) is 5.82 Å². The zero-order valence-corrected chi connectivity index (χ0v) is 17.4. The van der Waals surface area contributed by atoms with Gasteiger partial charge in [-0.1, -0.05) is 24.6 Å². The van der Waals surface area contributed by atoms with Crippen molar-refractivity contribution in [3.63, 3.8) is 0 Å². The molecule has 12 heteroatoms. The third kappa shape index (κ3) is 4.62. The summed E-state index contributed by atoms with van der Waals surface area (Å²) in [6.45, 7) is 1.83. The van der Waals surface area contributed by atoms with E-state index in [1.165, 1.54) is 27.7 Å². The van der Waals surface area contributed by atoms with Crippen molar-refractivity contribution < 1.29 is 14.1 Å². The molecule has 1 aromatic carbocycles. The lowest BCUT2D eigenvalue weighted by Crippen LogP contribution is -2.26. The van der Waals surface area contributed by atoms with Gasteiger partial charge < -0.3 is 5.32 Å². The normalized spacial score (nSPS) is 12.0. The van der Waals surface area contributed by atoms with Crippen LogP contribution in [0.4, 0.5) is 15.9 Å². The van der Waals surface area contributed by atoms with Gasteiger partial charge in [-0.05, 0) is 34.5 Å². The number of carbonyl (C=O) groups excluding carboxylic acids is 1. The summed E-state index contributed by atoms with van der Waals surface area (Å²) in [5.74, 6) is -0.677. The molecule has 3 rings (SSSR count). The fraction of sp³-hybridized carbons (Fsp3) is 0.235. The van der Waals surface area contributed by atoms with E-state index < -0.39 is 22.7 Å². The van der Waals surface area contributed by atoms with Gasteiger partial charge in [0.2, 0.25) is 5.91 Å². The van der Waals surface area contributed by atoms with Gasteiger partial charge in [0.1, 0.15) is 24.3 Å². The Morgan fingerprint density at radius 1 is 1.45 bits per heavy atom. The number of carbonyl (C=O) groups is 1. The largest absolute Gasteiger partial charge is 0.307 e. The van der Waals surface area contributed by atoms with Crippen LogP contribution in [0.25, 0.3) is 0 Å². The molecule has 152 valence electrons. The van der Waals surface area contributed by atoms with Crippen LogP contribution >= 0.6 is 27.5 Å². The van der Waals surface area contributed by atoms with Crippen LogP contribution in [0.2, 0.25) is 5.02 Å². The van der Waals surface area contributed by atoms with Crippen LogP contribution in [0.1, 0.15) is 24.9 Å². The van der Waals surface area contributed by atoms with E-state index in [2.05, 4.69) is 31.4 Å². The van der Waals surface area contributed by atoms with Gasteiger partial charge in [0.25, 0.3) is 0 Å². The summed E-state index contributed by atoms with van der Waals surface area (Å²) in [5, 5.41) is 21.9. The molecular weight excluding hydrogens is 471 g/mol. The molecule has 0 spiro atoms. The van der Waals surface area contributed by atoms with Crippen molar-refractivity contribution in [1.82, 2.24) is 19.6 Å². The fourth-order valence-electron chi connectivity index (χ4n) is 2.69. The van der Waals surface area contributed by atoms with Crippen LogP contribution in [0, 0.1) is 15.9 Å². The summed E-state index contributed by atoms with van der Waals surface area (Å²) >= 11 is 9.35. The number of hydrogen-bond acceptors (Lipinski definition) is 5. The Kier molecular flexibility index (Phi) is 6.28. The molecule has 0 aliphatic heterocycles. The van der Waals surface area contributed by atoms with Crippen LogP contribution in [-0.2, 0) is 11.3 Å². The molecule has 0 aliphatic carbocycles. The highest BCUT2D eigenvalue weighted by Gasteiger charge is 2.23. The van der Waals surface area contributed by atoms with E-state index >= 15 is 0 Å². The van der Waals surface area contributed by atoms with Crippen molar-refractivity contribution in [3.8, 4) is 0 Å². The maximum atomic E-state index is 14.0. The SMILES string of the molecule is CCC(C(=O)Nc1nn(Cc2c(F)cccc2Cl)cc1Br)n1cc([N+](=O)[O-])cn1. The molecule has 2 heterocycles.